The highest BCUT2D eigenvalue weighted by atomic mass is 79.9. The van der Waals surface area contributed by atoms with Crippen molar-refractivity contribution >= 4 is 27.3 Å². The Balaban J connectivity index is 2.99. The Kier molecular flexibility index (Phi) is 5.20. The second-order valence-corrected chi connectivity index (χ2v) is 7.22. The topological polar surface area (TPSA) is 29.3 Å². The van der Waals surface area contributed by atoms with E-state index in [1.165, 1.54) is 14.2 Å². The van der Waals surface area contributed by atoms with Crippen molar-refractivity contribution in [1.82, 2.24) is 4.90 Å². The predicted octanol–water partition coefficient (Wildman–Crippen LogP) is 3.94. The monoisotopic (exact) mass is 318 g/mol. The van der Waals surface area contributed by atoms with Gasteiger partial charge in [0.25, 0.3) is 0 Å². The summed E-state index contributed by atoms with van der Waals surface area (Å²) in [7, 11) is 2.17. The molecular weight excluding hydrogens is 296 g/mol. The first-order valence-electron chi connectivity index (χ1n) is 6.02. The Morgan fingerprint density at radius 2 is 2.12 bits per heavy atom. The number of hydrogen-bond acceptors (Lipinski definition) is 3. The molecule has 17 heavy (non-hydrogen) atoms. The first kappa shape index (κ1) is 15.2. The van der Waals surface area contributed by atoms with Gasteiger partial charge in [-0.1, -0.05) is 6.92 Å². The smallest absolute Gasteiger partial charge is 0.0566 e. The summed E-state index contributed by atoms with van der Waals surface area (Å²) in [6, 6.07) is 2.51. The normalized spacial score (nSPS) is 14.4. The molecule has 0 aliphatic rings. The molecule has 0 radical (unpaired) electrons. The molecule has 2 nitrogen and oxygen atoms in total. The van der Waals surface area contributed by atoms with Crippen molar-refractivity contribution in [2.75, 3.05) is 13.6 Å². The molecule has 0 saturated heterocycles. The van der Waals surface area contributed by atoms with Crippen LogP contribution in [0.15, 0.2) is 10.5 Å². The second kappa shape index (κ2) is 5.83. The van der Waals surface area contributed by atoms with Gasteiger partial charge >= 0.3 is 0 Å². The van der Waals surface area contributed by atoms with Crippen LogP contribution < -0.4 is 5.73 Å². The lowest BCUT2D eigenvalue weighted by Gasteiger charge is -2.40. The van der Waals surface area contributed by atoms with E-state index in [1.54, 1.807) is 0 Å². The summed E-state index contributed by atoms with van der Waals surface area (Å²) >= 11 is 5.41. The third-order valence-corrected chi connectivity index (χ3v) is 5.95. The Morgan fingerprint density at radius 3 is 2.47 bits per heavy atom. The lowest BCUT2D eigenvalue weighted by molar-refractivity contribution is 0.102. The molecule has 2 N–H and O–H groups in total. The van der Waals surface area contributed by atoms with Crippen LogP contribution in [0.3, 0.4) is 0 Å². The number of thiophene rings is 1. The van der Waals surface area contributed by atoms with Crippen LogP contribution in [0.25, 0.3) is 0 Å². The van der Waals surface area contributed by atoms with Crippen molar-refractivity contribution in [2.45, 2.75) is 45.7 Å². The number of aryl methyl sites for hydroxylation is 1. The van der Waals surface area contributed by atoms with Crippen LogP contribution in [0.4, 0.5) is 0 Å². The summed E-state index contributed by atoms with van der Waals surface area (Å²) < 4.78 is 1.19. The number of hydrogen-bond donors (Lipinski definition) is 1. The SMILES string of the molecule is CCC(C)(C)N(C)C(CN)c1cc(Br)c(C)s1. The average molecular weight is 319 g/mol. The minimum atomic E-state index is 0.175. The first-order valence-corrected chi connectivity index (χ1v) is 7.63. The molecule has 0 fully saturated rings. The van der Waals surface area contributed by atoms with Crippen molar-refractivity contribution in [3.63, 3.8) is 0 Å². The first-order chi connectivity index (χ1) is 7.83. The molecule has 1 aromatic rings. The number of likely N-dealkylation sites (N-methyl/N-ethyl adjacent to an activating group) is 1. The van der Waals surface area contributed by atoms with Crippen LogP contribution in [0.1, 0.15) is 43.0 Å². The number of nitrogens with two attached hydrogens (primary N) is 1. The molecule has 1 heterocycles. The van der Waals surface area contributed by atoms with E-state index in [1.807, 2.05) is 11.3 Å². The fourth-order valence-electron chi connectivity index (χ4n) is 1.78. The molecule has 98 valence electrons. The summed E-state index contributed by atoms with van der Waals surface area (Å²) in [5.74, 6) is 0. The minimum absolute atomic E-state index is 0.175. The molecular formula is C13H23BrN2S. The fourth-order valence-corrected chi connectivity index (χ4v) is 3.50. The van der Waals surface area contributed by atoms with Crippen LogP contribution in [0, 0.1) is 6.92 Å². The number of halogens is 1. The van der Waals surface area contributed by atoms with Crippen molar-refractivity contribution < 1.29 is 0 Å². The van der Waals surface area contributed by atoms with Crippen molar-refractivity contribution in [3.05, 3.63) is 20.3 Å². The zero-order valence-electron chi connectivity index (χ0n) is 11.4. The predicted molar refractivity (Wildman–Crippen MR) is 80.7 cm³/mol. The van der Waals surface area contributed by atoms with E-state index in [-0.39, 0.29) is 5.54 Å². The van der Waals surface area contributed by atoms with Gasteiger partial charge in [-0.25, -0.2) is 0 Å². The lowest BCUT2D eigenvalue weighted by Crippen LogP contribution is -2.45. The standard InChI is InChI=1S/C13H23BrN2S/c1-6-13(3,4)16(5)11(8-15)12-7-10(14)9(2)17-12/h7,11H,6,8,15H2,1-5H3. The maximum atomic E-state index is 5.97. The van der Waals surface area contributed by atoms with Gasteiger partial charge in [-0.15, -0.1) is 11.3 Å². The number of nitrogens with zero attached hydrogens (tertiary/aromatic N) is 1. The highest BCUT2D eigenvalue weighted by Crippen LogP contribution is 2.35. The zero-order chi connectivity index (χ0) is 13.2. The van der Waals surface area contributed by atoms with E-state index in [0.717, 1.165) is 6.42 Å². The van der Waals surface area contributed by atoms with E-state index in [2.05, 4.69) is 61.6 Å². The van der Waals surface area contributed by atoms with E-state index in [0.29, 0.717) is 12.6 Å². The molecule has 0 aliphatic heterocycles. The van der Waals surface area contributed by atoms with Gasteiger partial charge in [-0.3, -0.25) is 4.90 Å². The molecule has 1 rings (SSSR count). The third kappa shape index (κ3) is 3.31. The highest BCUT2D eigenvalue weighted by Gasteiger charge is 2.29. The lowest BCUT2D eigenvalue weighted by atomic mass is 9.97. The molecule has 0 saturated carbocycles. The summed E-state index contributed by atoms with van der Waals surface area (Å²) in [6.07, 6.45) is 1.12. The zero-order valence-corrected chi connectivity index (χ0v) is 13.8. The van der Waals surface area contributed by atoms with Crippen molar-refractivity contribution in [3.8, 4) is 0 Å². The van der Waals surface area contributed by atoms with Crippen molar-refractivity contribution in [1.29, 1.82) is 0 Å². The summed E-state index contributed by atoms with van der Waals surface area (Å²) in [4.78, 5) is 5.06. The molecule has 1 unspecified atom stereocenters. The summed E-state index contributed by atoms with van der Waals surface area (Å²) in [5, 5.41) is 0. The fraction of sp³-hybridized carbons (Fsp3) is 0.692. The Bertz CT molecular complexity index is 354. The van der Waals surface area contributed by atoms with E-state index >= 15 is 0 Å². The van der Waals surface area contributed by atoms with Crippen LogP contribution in [-0.2, 0) is 0 Å². The third-order valence-electron chi connectivity index (χ3n) is 3.72. The van der Waals surface area contributed by atoms with Gasteiger partial charge in [0.1, 0.15) is 0 Å². The summed E-state index contributed by atoms with van der Waals surface area (Å²) in [5.41, 5.74) is 6.14. The van der Waals surface area contributed by atoms with Crippen LogP contribution in [0.2, 0.25) is 0 Å². The molecule has 1 atom stereocenters. The Labute approximate surface area is 117 Å². The van der Waals surface area contributed by atoms with Crippen LogP contribution in [0.5, 0.6) is 0 Å². The molecule has 0 aliphatic carbocycles. The van der Waals surface area contributed by atoms with Gasteiger partial charge in [0.2, 0.25) is 0 Å². The largest absolute Gasteiger partial charge is 0.329 e. The van der Waals surface area contributed by atoms with E-state index in [4.69, 9.17) is 5.73 Å². The van der Waals surface area contributed by atoms with Gasteiger partial charge in [0.15, 0.2) is 0 Å². The number of rotatable bonds is 5. The van der Waals surface area contributed by atoms with Gasteiger partial charge in [-0.2, -0.15) is 0 Å². The van der Waals surface area contributed by atoms with Gasteiger partial charge in [0.05, 0.1) is 6.04 Å². The average Bonchev–Trinajstić information content (AvgIpc) is 2.60. The summed E-state index contributed by atoms with van der Waals surface area (Å²) in [6.45, 7) is 9.55. The van der Waals surface area contributed by atoms with E-state index in [9.17, 15) is 0 Å². The molecule has 0 bridgehead atoms. The second-order valence-electron chi connectivity index (χ2n) is 5.08. The van der Waals surface area contributed by atoms with Crippen molar-refractivity contribution in [2.24, 2.45) is 5.73 Å². The molecule has 1 aromatic heterocycles. The van der Waals surface area contributed by atoms with Crippen LogP contribution in [-0.4, -0.2) is 24.0 Å². The molecule has 0 aromatic carbocycles. The molecule has 4 heteroatoms. The molecule has 0 spiro atoms. The quantitative estimate of drug-likeness (QED) is 0.891. The minimum Gasteiger partial charge on any atom is -0.329 e. The van der Waals surface area contributed by atoms with Gasteiger partial charge in [0, 0.05) is 26.3 Å². The van der Waals surface area contributed by atoms with Gasteiger partial charge < -0.3 is 5.73 Å². The Hall–Kier alpha value is 0.1000. The van der Waals surface area contributed by atoms with E-state index < -0.39 is 0 Å². The maximum absolute atomic E-state index is 5.97. The Morgan fingerprint density at radius 1 is 1.53 bits per heavy atom. The highest BCUT2D eigenvalue weighted by molar-refractivity contribution is 9.10. The molecule has 0 amide bonds. The van der Waals surface area contributed by atoms with Gasteiger partial charge in [-0.05, 0) is 56.2 Å². The van der Waals surface area contributed by atoms with Crippen LogP contribution >= 0.6 is 27.3 Å². The maximum Gasteiger partial charge on any atom is 0.0566 e.